The van der Waals surface area contributed by atoms with Crippen molar-refractivity contribution in [2.45, 2.75) is 38.6 Å². The maximum atomic E-state index is 5.33. The van der Waals surface area contributed by atoms with Crippen LogP contribution in [0.15, 0.2) is 59.4 Å². The highest BCUT2D eigenvalue weighted by Gasteiger charge is 2.28. The van der Waals surface area contributed by atoms with E-state index < -0.39 is 0 Å². The fraction of sp³-hybridized carbons (Fsp3) is 0.318. The fourth-order valence-electron chi connectivity index (χ4n) is 3.79. The number of allylic oxidation sites excluding steroid dienone is 1. The molecule has 2 aliphatic heterocycles. The molecule has 0 amide bonds. The lowest BCUT2D eigenvalue weighted by molar-refractivity contribution is 0.550. The van der Waals surface area contributed by atoms with Gasteiger partial charge in [-0.25, -0.2) is 4.98 Å². The van der Waals surface area contributed by atoms with Crippen molar-refractivity contribution in [3.05, 3.63) is 71.8 Å². The minimum absolute atomic E-state index is 0.314. The zero-order valence-corrected chi connectivity index (χ0v) is 14.8. The molecule has 4 rings (SSSR count). The summed E-state index contributed by atoms with van der Waals surface area (Å²) < 4.78 is 5.33. The van der Waals surface area contributed by atoms with Crippen LogP contribution >= 0.6 is 0 Å². The van der Waals surface area contributed by atoms with Gasteiger partial charge in [0, 0.05) is 18.2 Å². The van der Waals surface area contributed by atoms with E-state index in [1.54, 1.807) is 12.5 Å². The molecule has 0 saturated heterocycles. The third-order valence-electron chi connectivity index (χ3n) is 5.30. The van der Waals surface area contributed by atoms with E-state index in [1.807, 2.05) is 0 Å². The van der Waals surface area contributed by atoms with Crippen LogP contribution < -0.4 is 5.32 Å². The highest BCUT2D eigenvalue weighted by atomic mass is 16.3. The fourth-order valence-corrected chi connectivity index (χ4v) is 3.79. The number of hydrogen-bond donors (Lipinski definition) is 1. The molecular formula is C22H24N2O. The SMILES string of the molecule is CC[C@@H]1CC=C(CNC(C)c2ccccc2)c2nc3coccc-3c21. The van der Waals surface area contributed by atoms with Crippen molar-refractivity contribution in [2.75, 3.05) is 6.54 Å². The van der Waals surface area contributed by atoms with E-state index in [9.17, 15) is 0 Å². The van der Waals surface area contributed by atoms with E-state index in [4.69, 9.17) is 9.40 Å². The largest absolute Gasteiger partial charge is 0.470 e. The molecule has 1 aromatic rings. The summed E-state index contributed by atoms with van der Waals surface area (Å²) in [4.78, 5) is 4.88. The predicted octanol–water partition coefficient (Wildman–Crippen LogP) is 5.41. The summed E-state index contributed by atoms with van der Waals surface area (Å²) in [6.45, 7) is 5.30. The van der Waals surface area contributed by atoms with Crippen LogP contribution in [0.2, 0.25) is 0 Å². The summed E-state index contributed by atoms with van der Waals surface area (Å²) in [7, 11) is 0. The van der Waals surface area contributed by atoms with Crippen molar-refractivity contribution in [3.8, 4) is 11.3 Å². The maximum absolute atomic E-state index is 5.33. The molecule has 0 saturated carbocycles. The number of fused-ring (bicyclic) bond motifs is 3. The Morgan fingerprint density at radius 3 is 2.88 bits per heavy atom. The van der Waals surface area contributed by atoms with Crippen molar-refractivity contribution < 1.29 is 4.42 Å². The molecule has 3 nitrogen and oxygen atoms in total. The van der Waals surface area contributed by atoms with Gasteiger partial charge in [0.15, 0.2) is 0 Å². The Morgan fingerprint density at radius 2 is 2.08 bits per heavy atom. The minimum Gasteiger partial charge on any atom is -0.470 e. The molecule has 128 valence electrons. The molecule has 0 aromatic heterocycles. The first kappa shape index (κ1) is 16.1. The average molecular weight is 332 g/mol. The Hall–Kier alpha value is -2.39. The van der Waals surface area contributed by atoms with Crippen LogP contribution in [0, 0.1) is 0 Å². The Morgan fingerprint density at radius 1 is 1.24 bits per heavy atom. The van der Waals surface area contributed by atoms with Crippen molar-refractivity contribution in [1.29, 1.82) is 0 Å². The van der Waals surface area contributed by atoms with Gasteiger partial charge in [-0.2, -0.15) is 0 Å². The molecule has 0 fully saturated rings. The molecule has 1 aliphatic carbocycles. The summed E-state index contributed by atoms with van der Waals surface area (Å²) in [6, 6.07) is 12.9. The molecule has 3 aliphatic rings. The lowest BCUT2D eigenvalue weighted by atomic mass is 9.83. The molecule has 0 bridgehead atoms. The van der Waals surface area contributed by atoms with Crippen LogP contribution in [-0.4, -0.2) is 11.5 Å². The number of benzene rings is 1. The molecule has 3 heteroatoms. The van der Waals surface area contributed by atoms with Crippen molar-refractivity contribution >= 4 is 5.57 Å². The topological polar surface area (TPSA) is 38.1 Å². The zero-order valence-electron chi connectivity index (χ0n) is 14.8. The summed E-state index contributed by atoms with van der Waals surface area (Å²) in [5.74, 6) is 0.553. The number of nitrogens with one attached hydrogen (secondary N) is 1. The van der Waals surface area contributed by atoms with E-state index in [2.05, 4.69) is 61.6 Å². The van der Waals surface area contributed by atoms with E-state index in [0.717, 1.165) is 30.8 Å². The molecule has 25 heavy (non-hydrogen) atoms. The van der Waals surface area contributed by atoms with E-state index >= 15 is 0 Å². The molecule has 2 heterocycles. The van der Waals surface area contributed by atoms with Crippen LogP contribution in [-0.2, 0) is 0 Å². The maximum Gasteiger partial charge on any atom is 0.116 e. The number of aromatic nitrogens is 1. The Kier molecular flexibility index (Phi) is 4.41. The van der Waals surface area contributed by atoms with Gasteiger partial charge in [0.2, 0.25) is 0 Å². The van der Waals surface area contributed by atoms with Gasteiger partial charge in [0.05, 0.1) is 12.0 Å². The van der Waals surface area contributed by atoms with Crippen molar-refractivity contribution in [3.63, 3.8) is 0 Å². The van der Waals surface area contributed by atoms with Gasteiger partial charge in [-0.05, 0) is 48.4 Å². The minimum atomic E-state index is 0.314. The third-order valence-corrected chi connectivity index (χ3v) is 5.30. The first-order valence-electron chi connectivity index (χ1n) is 9.11. The third kappa shape index (κ3) is 3.00. The van der Waals surface area contributed by atoms with Gasteiger partial charge < -0.3 is 9.73 Å². The first-order valence-corrected chi connectivity index (χ1v) is 9.11. The summed E-state index contributed by atoms with van der Waals surface area (Å²) in [5, 5.41) is 3.65. The van der Waals surface area contributed by atoms with Gasteiger partial charge >= 0.3 is 0 Å². The van der Waals surface area contributed by atoms with Crippen LogP contribution in [0.25, 0.3) is 16.8 Å². The molecule has 1 aromatic carbocycles. The van der Waals surface area contributed by atoms with Crippen LogP contribution in [0.1, 0.15) is 55.5 Å². The molecule has 0 spiro atoms. The van der Waals surface area contributed by atoms with Crippen LogP contribution in [0.4, 0.5) is 0 Å². The standard InChI is InChI=1S/C22H24N2O/c1-3-16-9-10-18(13-23-15(2)17-7-5-4-6-8-17)22-21(16)19-11-12-25-14-20(19)24-22/h4-8,10-12,14-16,23H,3,9,13H2,1-2H3/t15?,16-/m1/s1. The lowest BCUT2D eigenvalue weighted by Gasteiger charge is -2.23. The van der Waals surface area contributed by atoms with Crippen molar-refractivity contribution in [1.82, 2.24) is 10.3 Å². The smallest absolute Gasteiger partial charge is 0.116 e. The van der Waals surface area contributed by atoms with E-state index in [0.29, 0.717) is 12.0 Å². The Labute approximate surface area is 149 Å². The molecule has 1 N–H and O–H groups in total. The molecule has 0 radical (unpaired) electrons. The number of rotatable bonds is 5. The van der Waals surface area contributed by atoms with Gasteiger partial charge in [-0.3, -0.25) is 0 Å². The second-order valence-electron chi connectivity index (χ2n) is 6.81. The number of hydrogen-bond acceptors (Lipinski definition) is 3. The molecule has 2 atom stereocenters. The Bertz CT molecular complexity index is 850. The zero-order chi connectivity index (χ0) is 17.2. The normalized spacial score (nSPS) is 18.0. The lowest BCUT2D eigenvalue weighted by Crippen LogP contribution is -2.22. The molecular weight excluding hydrogens is 308 g/mol. The molecule has 1 unspecified atom stereocenters. The quantitative estimate of drug-likeness (QED) is 0.679. The second kappa shape index (κ2) is 6.85. The highest BCUT2D eigenvalue weighted by molar-refractivity contribution is 5.80. The summed E-state index contributed by atoms with van der Waals surface area (Å²) in [5.41, 5.74) is 7.38. The summed E-state index contributed by atoms with van der Waals surface area (Å²) in [6.07, 6.45) is 8.11. The second-order valence-corrected chi connectivity index (χ2v) is 6.81. The van der Waals surface area contributed by atoms with Gasteiger partial charge in [-0.1, -0.05) is 43.3 Å². The van der Waals surface area contributed by atoms with E-state index in [-0.39, 0.29) is 0 Å². The van der Waals surface area contributed by atoms with Gasteiger partial charge in [0.1, 0.15) is 12.0 Å². The Balaban J connectivity index is 1.60. The van der Waals surface area contributed by atoms with Crippen LogP contribution in [0.5, 0.6) is 0 Å². The van der Waals surface area contributed by atoms with Crippen molar-refractivity contribution in [2.24, 2.45) is 0 Å². The summed E-state index contributed by atoms with van der Waals surface area (Å²) >= 11 is 0. The van der Waals surface area contributed by atoms with Gasteiger partial charge in [-0.15, -0.1) is 0 Å². The first-order chi connectivity index (χ1) is 12.3. The monoisotopic (exact) mass is 332 g/mol. The highest BCUT2D eigenvalue weighted by Crippen LogP contribution is 2.43. The number of nitrogens with zero attached hydrogens (tertiary/aromatic N) is 1. The van der Waals surface area contributed by atoms with Crippen LogP contribution in [0.3, 0.4) is 0 Å². The average Bonchev–Trinajstić information content (AvgIpc) is 3.06. The van der Waals surface area contributed by atoms with Gasteiger partial charge in [0.25, 0.3) is 0 Å². The van der Waals surface area contributed by atoms with E-state index in [1.165, 1.54) is 22.3 Å². The predicted molar refractivity (Wildman–Crippen MR) is 102 cm³/mol.